The summed E-state index contributed by atoms with van der Waals surface area (Å²) < 4.78 is 6.24. The van der Waals surface area contributed by atoms with Crippen LogP contribution in [-0.2, 0) is 11.3 Å². The summed E-state index contributed by atoms with van der Waals surface area (Å²) in [6, 6.07) is 13.7. The van der Waals surface area contributed by atoms with E-state index >= 15 is 0 Å². The minimum atomic E-state index is -0.0258. The van der Waals surface area contributed by atoms with Crippen LogP contribution >= 0.6 is 22.9 Å². The van der Waals surface area contributed by atoms with Crippen LogP contribution in [0.1, 0.15) is 5.56 Å². The van der Waals surface area contributed by atoms with Gasteiger partial charge in [0.1, 0.15) is 5.75 Å². The van der Waals surface area contributed by atoms with E-state index < -0.39 is 0 Å². The molecule has 0 aliphatic carbocycles. The highest BCUT2D eigenvalue weighted by molar-refractivity contribution is 7.22. The van der Waals surface area contributed by atoms with Crippen molar-refractivity contribution in [3.63, 3.8) is 0 Å². The fraction of sp³-hybridized carbons (Fsp3) is 0.333. The summed E-state index contributed by atoms with van der Waals surface area (Å²) in [5.41, 5.74) is 2.12. The lowest BCUT2D eigenvalue weighted by atomic mass is 10.2. The highest BCUT2D eigenvalue weighted by Crippen LogP contribution is 2.29. The van der Waals surface area contributed by atoms with Crippen LogP contribution in [0.4, 0.5) is 5.13 Å². The standard InChI is InChI=1S/C21H23ClN4O2S/c1-28-17-6-7-18-19(12-17)29-21(23-18)24-20(27)14-26-10-8-25(9-11-26)13-15-2-4-16(22)5-3-15/h2-7,12H,8-11,13-14H2,1H3,(H,23,24,27). The Morgan fingerprint density at radius 1 is 1.14 bits per heavy atom. The Morgan fingerprint density at radius 3 is 2.59 bits per heavy atom. The lowest BCUT2D eigenvalue weighted by Crippen LogP contribution is -2.48. The Balaban J connectivity index is 1.26. The summed E-state index contributed by atoms with van der Waals surface area (Å²) >= 11 is 7.41. The van der Waals surface area contributed by atoms with Gasteiger partial charge in [0.15, 0.2) is 5.13 Å². The molecule has 1 amide bonds. The van der Waals surface area contributed by atoms with Crippen molar-refractivity contribution in [3.05, 3.63) is 53.1 Å². The van der Waals surface area contributed by atoms with Gasteiger partial charge < -0.3 is 10.1 Å². The predicted octanol–water partition coefficient (Wildman–Crippen LogP) is 3.71. The predicted molar refractivity (Wildman–Crippen MR) is 118 cm³/mol. The van der Waals surface area contributed by atoms with Gasteiger partial charge in [-0.05, 0) is 35.9 Å². The molecule has 29 heavy (non-hydrogen) atoms. The minimum absolute atomic E-state index is 0.0258. The highest BCUT2D eigenvalue weighted by Gasteiger charge is 2.19. The van der Waals surface area contributed by atoms with Gasteiger partial charge in [-0.2, -0.15) is 0 Å². The second-order valence-electron chi connectivity index (χ2n) is 7.08. The number of benzene rings is 2. The molecule has 0 radical (unpaired) electrons. The summed E-state index contributed by atoms with van der Waals surface area (Å²) in [6.07, 6.45) is 0. The molecule has 0 atom stereocenters. The second kappa shape index (κ2) is 9.09. The first kappa shape index (κ1) is 20.1. The van der Waals surface area contributed by atoms with E-state index in [0.29, 0.717) is 11.7 Å². The maximum atomic E-state index is 12.4. The van der Waals surface area contributed by atoms with Crippen molar-refractivity contribution < 1.29 is 9.53 Å². The van der Waals surface area contributed by atoms with E-state index in [-0.39, 0.29) is 5.91 Å². The number of aromatic nitrogens is 1. The quantitative estimate of drug-likeness (QED) is 0.646. The Morgan fingerprint density at radius 2 is 1.86 bits per heavy atom. The van der Waals surface area contributed by atoms with Gasteiger partial charge >= 0.3 is 0 Å². The number of hydrogen-bond acceptors (Lipinski definition) is 6. The number of rotatable bonds is 6. The van der Waals surface area contributed by atoms with Crippen molar-refractivity contribution in [2.45, 2.75) is 6.54 Å². The van der Waals surface area contributed by atoms with E-state index in [1.54, 1.807) is 7.11 Å². The molecule has 1 aliphatic heterocycles. The number of anilines is 1. The molecular formula is C21H23ClN4O2S. The van der Waals surface area contributed by atoms with Crippen molar-refractivity contribution in [1.82, 2.24) is 14.8 Å². The third-order valence-electron chi connectivity index (χ3n) is 4.99. The zero-order valence-corrected chi connectivity index (χ0v) is 17.8. The van der Waals surface area contributed by atoms with Crippen LogP contribution in [0.3, 0.4) is 0 Å². The monoisotopic (exact) mass is 430 g/mol. The van der Waals surface area contributed by atoms with Gasteiger partial charge in [-0.15, -0.1) is 0 Å². The molecule has 1 saturated heterocycles. The largest absolute Gasteiger partial charge is 0.497 e. The summed E-state index contributed by atoms with van der Waals surface area (Å²) in [5.74, 6) is 0.762. The molecular weight excluding hydrogens is 408 g/mol. The molecule has 2 aromatic carbocycles. The van der Waals surface area contributed by atoms with E-state index in [4.69, 9.17) is 16.3 Å². The maximum absolute atomic E-state index is 12.4. The molecule has 0 spiro atoms. The van der Waals surface area contributed by atoms with Crippen molar-refractivity contribution in [2.24, 2.45) is 0 Å². The van der Waals surface area contributed by atoms with Gasteiger partial charge in [-0.1, -0.05) is 35.1 Å². The lowest BCUT2D eigenvalue weighted by molar-refractivity contribution is -0.117. The number of thiazole rings is 1. The number of nitrogens with one attached hydrogen (secondary N) is 1. The number of carbonyl (C=O) groups excluding carboxylic acids is 1. The number of carbonyl (C=O) groups is 1. The number of nitrogens with zero attached hydrogens (tertiary/aromatic N) is 3. The fourth-order valence-electron chi connectivity index (χ4n) is 3.40. The SMILES string of the molecule is COc1ccc2nc(NC(=O)CN3CCN(Cc4ccc(Cl)cc4)CC3)sc2c1. The molecule has 1 fully saturated rings. The van der Waals surface area contributed by atoms with Gasteiger partial charge in [-0.3, -0.25) is 14.6 Å². The van der Waals surface area contributed by atoms with Crippen LogP contribution in [0.15, 0.2) is 42.5 Å². The first-order valence-corrected chi connectivity index (χ1v) is 10.7. The number of fused-ring (bicyclic) bond motifs is 1. The lowest BCUT2D eigenvalue weighted by Gasteiger charge is -2.34. The molecule has 1 aliphatic rings. The molecule has 3 aromatic rings. The van der Waals surface area contributed by atoms with Crippen molar-refractivity contribution >= 4 is 44.2 Å². The van der Waals surface area contributed by atoms with E-state index in [1.807, 2.05) is 30.3 Å². The van der Waals surface area contributed by atoms with Crippen LogP contribution < -0.4 is 10.1 Å². The molecule has 4 rings (SSSR count). The van der Waals surface area contributed by atoms with Crippen LogP contribution in [0.25, 0.3) is 10.2 Å². The topological polar surface area (TPSA) is 57.7 Å². The summed E-state index contributed by atoms with van der Waals surface area (Å²) in [6.45, 7) is 4.92. The first-order chi connectivity index (χ1) is 14.1. The molecule has 0 unspecified atom stereocenters. The van der Waals surface area contributed by atoms with Gasteiger partial charge in [0.2, 0.25) is 5.91 Å². The van der Waals surface area contributed by atoms with E-state index in [0.717, 1.165) is 53.7 Å². The Kier molecular flexibility index (Phi) is 6.30. The number of ether oxygens (including phenoxy) is 1. The third-order valence-corrected chi connectivity index (χ3v) is 6.18. The summed E-state index contributed by atoms with van der Waals surface area (Å²) in [5, 5.41) is 4.32. The molecule has 152 valence electrons. The summed E-state index contributed by atoms with van der Waals surface area (Å²) in [7, 11) is 1.64. The first-order valence-electron chi connectivity index (χ1n) is 9.52. The van der Waals surface area contributed by atoms with Gasteiger partial charge in [0.25, 0.3) is 0 Å². The van der Waals surface area contributed by atoms with Crippen LogP contribution in [0.2, 0.25) is 5.02 Å². The van der Waals surface area contributed by atoms with E-state index in [9.17, 15) is 4.79 Å². The average Bonchev–Trinajstić information content (AvgIpc) is 3.12. The molecule has 0 bridgehead atoms. The molecule has 2 heterocycles. The number of hydrogen-bond donors (Lipinski definition) is 1. The van der Waals surface area contributed by atoms with Gasteiger partial charge in [-0.25, -0.2) is 4.98 Å². The van der Waals surface area contributed by atoms with Crippen molar-refractivity contribution in [2.75, 3.05) is 45.2 Å². The van der Waals surface area contributed by atoms with Gasteiger partial charge in [0.05, 0.1) is 23.9 Å². The second-order valence-corrected chi connectivity index (χ2v) is 8.55. The normalized spacial score (nSPS) is 15.5. The smallest absolute Gasteiger partial charge is 0.240 e. The van der Waals surface area contributed by atoms with Crippen LogP contribution in [-0.4, -0.2) is 60.5 Å². The number of methoxy groups -OCH3 is 1. The zero-order chi connectivity index (χ0) is 20.2. The van der Waals surface area contributed by atoms with Gasteiger partial charge in [0, 0.05) is 37.7 Å². The molecule has 8 heteroatoms. The number of amides is 1. The molecule has 6 nitrogen and oxygen atoms in total. The number of piperazine rings is 1. The Bertz CT molecular complexity index is 984. The molecule has 1 N–H and O–H groups in total. The highest BCUT2D eigenvalue weighted by atomic mass is 35.5. The van der Waals surface area contributed by atoms with Crippen LogP contribution in [0, 0.1) is 0 Å². The third kappa shape index (κ3) is 5.25. The zero-order valence-electron chi connectivity index (χ0n) is 16.2. The molecule has 1 aromatic heterocycles. The molecule has 0 saturated carbocycles. The number of halogens is 1. The summed E-state index contributed by atoms with van der Waals surface area (Å²) in [4.78, 5) is 21.5. The fourth-order valence-corrected chi connectivity index (χ4v) is 4.44. The van der Waals surface area contributed by atoms with E-state index in [1.165, 1.54) is 16.9 Å². The van der Waals surface area contributed by atoms with E-state index in [2.05, 4.69) is 32.2 Å². The minimum Gasteiger partial charge on any atom is -0.497 e. The average molecular weight is 431 g/mol. The Labute approximate surface area is 179 Å². The Hall–Kier alpha value is -2.19. The van der Waals surface area contributed by atoms with Crippen molar-refractivity contribution in [1.29, 1.82) is 0 Å². The van der Waals surface area contributed by atoms with Crippen LogP contribution in [0.5, 0.6) is 5.75 Å². The maximum Gasteiger partial charge on any atom is 0.240 e. The van der Waals surface area contributed by atoms with Crippen molar-refractivity contribution in [3.8, 4) is 5.75 Å².